The lowest BCUT2D eigenvalue weighted by molar-refractivity contribution is -0.119. The maximum absolute atomic E-state index is 13.6. The minimum Gasteiger partial charge on any atom is -0.300 e. The number of halogens is 1. The summed E-state index contributed by atoms with van der Waals surface area (Å²) in [6.07, 6.45) is -10.8. The Morgan fingerprint density at radius 1 is 1.28 bits per heavy atom. The monoisotopic (exact) mass is 417 g/mol. The molecule has 2 aromatic heterocycles. The van der Waals surface area contributed by atoms with Gasteiger partial charge in [0.15, 0.2) is 5.65 Å². The third-order valence-electron chi connectivity index (χ3n) is 4.34. The van der Waals surface area contributed by atoms with Crippen molar-refractivity contribution in [3.63, 3.8) is 0 Å². The summed E-state index contributed by atoms with van der Waals surface area (Å²) in [5.74, 6) is -5.98. The average Bonchev–Trinajstić information content (AvgIpc) is 3.15. The summed E-state index contributed by atoms with van der Waals surface area (Å²) in [5, 5.41) is 0.653. The van der Waals surface area contributed by atoms with E-state index in [1.807, 2.05) is 0 Å². The molecule has 148 valence electrons. The van der Waals surface area contributed by atoms with Gasteiger partial charge in [0.05, 0.1) is 6.04 Å². The smallest absolute Gasteiger partial charge is 0.260 e. The van der Waals surface area contributed by atoms with Gasteiger partial charge in [-0.05, 0) is 48.2 Å². The van der Waals surface area contributed by atoms with Gasteiger partial charge in [-0.1, -0.05) is 43.6 Å². The predicted octanol–water partition coefficient (Wildman–Crippen LogP) is 5.38. The number of carbonyl (C=O) groups excluding carboxylic acids is 2. The number of carbonyl (C=O) groups is 2. The summed E-state index contributed by atoms with van der Waals surface area (Å²) in [7, 11) is 0. The van der Waals surface area contributed by atoms with Crippen molar-refractivity contribution in [3.8, 4) is 0 Å². The van der Waals surface area contributed by atoms with Crippen LogP contribution in [-0.4, -0.2) is 21.7 Å². The van der Waals surface area contributed by atoms with Crippen molar-refractivity contribution < 1.29 is 23.3 Å². The molecule has 4 rings (SSSR count). The van der Waals surface area contributed by atoms with Gasteiger partial charge in [0, 0.05) is 37.4 Å². The van der Waals surface area contributed by atoms with E-state index >= 15 is 0 Å². The van der Waals surface area contributed by atoms with Crippen LogP contribution in [0.15, 0.2) is 48.5 Å². The summed E-state index contributed by atoms with van der Waals surface area (Å²) < 4.78 is 81.4. The standard InChI is InChI=1S/C23H22ClN3O2/c1-14(2)7-10-16(28)13-19-17-5-3-4-6-18(17)23(29)27(19)21-12-9-15-8-11-20(24)25-22(15)26-21/h3-6,8-9,11-12,14,19H,7,10,13H2,1-2H3/t19-/m0/s1/i1D3,7D2,10D2,13D2,14D/t14?,19-. The van der Waals surface area contributed by atoms with E-state index in [0.717, 1.165) is 4.90 Å². The molecule has 0 fully saturated rings. The molecule has 0 saturated carbocycles. The van der Waals surface area contributed by atoms with Crippen LogP contribution < -0.4 is 4.90 Å². The molecule has 1 amide bonds. The minimum atomic E-state index is -3.81. The molecule has 0 bridgehead atoms. The summed E-state index contributed by atoms with van der Waals surface area (Å²) in [6, 6.07) is 10.0. The van der Waals surface area contributed by atoms with E-state index in [4.69, 9.17) is 25.3 Å². The third-order valence-corrected chi connectivity index (χ3v) is 4.56. The second kappa shape index (κ2) is 7.91. The Labute approximate surface area is 188 Å². The first-order chi connectivity index (χ1) is 17.8. The fraction of sp³-hybridized carbons (Fsp3) is 0.304. The Kier molecular flexibility index (Phi) is 2.96. The number of hydrogen-bond acceptors (Lipinski definition) is 4. The van der Waals surface area contributed by atoms with E-state index in [1.54, 1.807) is 12.1 Å². The van der Waals surface area contributed by atoms with Crippen molar-refractivity contribution in [2.24, 2.45) is 5.89 Å². The van der Waals surface area contributed by atoms with Crippen LogP contribution in [0.2, 0.25) is 5.15 Å². The normalized spacial score (nSPS) is 25.0. The molecule has 5 nitrogen and oxygen atoms in total. The van der Waals surface area contributed by atoms with E-state index in [-0.39, 0.29) is 27.7 Å². The second-order valence-corrected chi connectivity index (χ2v) is 6.75. The number of fused-ring (bicyclic) bond motifs is 2. The van der Waals surface area contributed by atoms with Crippen molar-refractivity contribution in [1.82, 2.24) is 9.97 Å². The summed E-state index contributed by atoms with van der Waals surface area (Å²) >= 11 is 5.97. The molecule has 0 radical (unpaired) electrons. The van der Waals surface area contributed by atoms with Crippen LogP contribution in [0.1, 0.15) is 68.6 Å². The first kappa shape index (κ1) is 10.8. The van der Waals surface area contributed by atoms with E-state index in [0.29, 0.717) is 12.3 Å². The number of ketones is 1. The van der Waals surface area contributed by atoms with Crippen LogP contribution in [0.5, 0.6) is 0 Å². The first-order valence-corrected chi connectivity index (χ1v) is 9.05. The molecule has 6 heteroatoms. The lowest BCUT2D eigenvalue weighted by Gasteiger charge is -2.24. The summed E-state index contributed by atoms with van der Waals surface area (Å²) in [6.45, 7) is -2.74. The first-order valence-electron chi connectivity index (χ1n) is 13.7. The zero-order chi connectivity index (χ0) is 29.3. The van der Waals surface area contributed by atoms with Gasteiger partial charge in [-0.15, -0.1) is 0 Å². The molecule has 0 N–H and O–H groups in total. The zero-order valence-electron chi connectivity index (χ0n) is 25.2. The quantitative estimate of drug-likeness (QED) is 0.505. The molecule has 2 atom stereocenters. The summed E-state index contributed by atoms with van der Waals surface area (Å²) in [4.78, 5) is 36.4. The molecule has 0 spiro atoms. The van der Waals surface area contributed by atoms with Crippen LogP contribution in [0.4, 0.5) is 5.82 Å². The molecule has 3 heterocycles. The summed E-state index contributed by atoms with van der Waals surface area (Å²) in [5.41, 5.74) is 0.142. The predicted molar refractivity (Wildman–Crippen MR) is 114 cm³/mol. The molecule has 1 aliphatic heterocycles. The topological polar surface area (TPSA) is 63.2 Å². The van der Waals surface area contributed by atoms with Crippen molar-refractivity contribution in [3.05, 3.63) is 64.8 Å². The molecule has 1 unspecified atom stereocenters. The maximum atomic E-state index is 13.6. The lowest BCUT2D eigenvalue weighted by atomic mass is 9.97. The number of hydrogen-bond donors (Lipinski definition) is 0. The van der Waals surface area contributed by atoms with Crippen molar-refractivity contribution in [1.29, 1.82) is 0 Å². The molecular formula is C23H22ClN3O2. The number of anilines is 1. The number of Topliss-reactive ketones (excluding diaryl/α,β-unsaturated/α-hetero) is 1. The maximum Gasteiger partial charge on any atom is 0.260 e. The number of amides is 1. The zero-order valence-corrected chi connectivity index (χ0v) is 16.0. The van der Waals surface area contributed by atoms with Gasteiger partial charge in [-0.3, -0.25) is 14.5 Å². The Morgan fingerprint density at radius 2 is 2.07 bits per heavy atom. The van der Waals surface area contributed by atoms with Gasteiger partial charge in [-0.25, -0.2) is 9.97 Å². The van der Waals surface area contributed by atoms with Crippen molar-refractivity contribution in [2.45, 2.75) is 38.9 Å². The molecule has 0 aliphatic carbocycles. The van der Waals surface area contributed by atoms with Crippen molar-refractivity contribution in [2.75, 3.05) is 4.90 Å². The number of rotatable bonds is 6. The van der Waals surface area contributed by atoms with Crippen LogP contribution in [0.25, 0.3) is 11.0 Å². The molecule has 3 aromatic rings. The Balaban J connectivity index is 1.88. The fourth-order valence-electron chi connectivity index (χ4n) is 3.11. The van der Waals surface area contributed by atoms with E-state index in [1.165, 1.54) is 36.4 Å². The number of nitrogens with zero attached hydrogens (tertiary/aromatic N) is 3. The number of aromatic nitrogens is 2. The van der Waals surface area contributed by atoms with Gasteiger partial charge >= 0.3 is 0 Å². The van der Waals surface area contributed by atoms with Gasteiger partial charge in [0.25, 0.3) is 5.91 Å². The molecule has 1 aromatic carbocycles. The van der Waals surface area contributed by atoms with Gasteiger partial charge < -0.3 is 0 Å². The van der Waals surface area contributed by atoms with Gasteiger partial charge in [0.2, 0.25) is 0 Å². The third kappa shape index (κ3) is 3.87. The molecule has 1 aliphatic rings. The lowest BCUT2D eigenvalue weighted by Crippen LogP contribution is -2.30. The molecular weight excluding hydrogens is 386 g/mol. The van der Waals surface area contributed by atoms with Gasteiger partial charge in [0.1, 0.15) is 16.8 Å². The van der Waals surface area contributed by atoms with E-state index in [9.17, 15) is 9.59 Å². The highest BCUT2D eigenvalue weighted by atomic mass is 35.5. The molecule has 0 saturated heterocycles. The Bertz CT molecular complexity index is 1490. The highest BCUT2D eigenvalue weighted by Crippen LogP contribution is 2.39. The van der Waals surface area contributed by atoms with E-state index < -0.39 is 49.6 Å². The van der Waals surface area contributed by atoms with Crippen molar-refractivity contribution >= 4 is 40.1 Å². The molecule has 29 heavy (non-hydrogen) atoms. The van der Waals surface area contributed by atoms with Crippen LogP contribution >= 0.6 is 11.6 Å². The van der Waals surface area contributed by atoms with Crippen LogP contribution in [-0.2, 0) is 4.79 Å². The van der Waals surface area contributed by atoms with Crippen LogP contribution in [0, 0.1) is 5.89 Å². The Morgan fingerprint density at radius 3 is 2.90 bits per heavy atom. The second-order valence-electron chi connectivity index (χ2n) is 6.36. The van der Waals surface area contributed by atoms with Crippen LogP contribution in [0.3, 0.4) is 0 Å². The number of pyridine rings is 2. The Hall–Kier alpha value is -2.79. The highest BCUT2D eigenvalue weighted by molar-refractivity contribution is 6.29. The largest absolute Gasteiger partial charge is 0.300 e. The fourth-order valence-corrected chi connectivity index (χ4v) is 3.25. The van der Waals surface area contributed by atoms with Gasteiger partial charge in [-0.2, -0.15) is 0 Å². The average molecular weight is 418 g/mol. The minimum absolute atomic E-state index is 0.0107. The number of benzene rings is 1. The SMILES string of the molecule is [2H]C([2H])(C(=O)C([2H])([2H])C([2H])([2H])C([2H])(C)C([2H])([2H])[2H])[C@H]1c2ccccc2C(=O)N1c1ccc2ccc(Cl)nc2n1. The highest BCUT2D eigenvalue weighted by Gasteiger charge is 2.39. The van der Waals surface area contributed by atoms with E-state index in [2.05, 4.69) is 9.97 Å².